The molecule has 2 aromatic heterocycles. The van der Waals surface area contributed by atoms with Crippen LogP contribution in [0.25, 0.3) is 16.8 Å². The molecule has 7 nitrogen and oxygen atoms in total. The van der Waals surface area contributed by atoms with E-state index in [-0.39, 0.29) is 30.0 Å². The quantitative estimate of drug-likeness (QED) is 0.505. The number of hydrogen-bond donors (Lipinski definition) is 1. The van der Waals surface area contributed by atoms with E-state index in [1.807, 2.05) is 32.0 Å². The van der Waals surface area contributed by atoms with Gasteiger partial charge in [0, 0.05) is 36.6 Å². The molecule has 0 aliphatic carbocycles. The minimum absolute atomic E-state index is 0.0716. The second kappa shape index (κ2) is 8.66. The van der Waals surface area contributed by atoms with E-state index in [0.29, 0.717) is 5.52 Å². The molecule has 2 heterocycles. The number of carbonyl (C=O) groups excluding carboxylic acids is 1. The van der Waals surface area contributed by atoms with E-state index < -0.39 is 11.7 Å². The SMILES string of the molecule is COc1ccc(C(=O)NCCn2ccn3nc(-c4ccc(C)c(C)c4)cc3c2=O)cc1F. The lowest BCUT2D eigenvalue weighted by Gasteiger charge is -2.09. The standard InChI is InChI=1S/C24H23FN4O3/c1-15-4-5-17(12-16(15)2)20-14-21-24(31)28(10-11-29(21)27-20)9-8-26-23(30)18-6-7-22(32-3)19(25)13-18/h4-7,10-14H,8-9H2,1-3H3,(H,26,30). The van der Waals surface area contributed by atoms with Gasteiger partial charge < -0.3 is 14.6 Å². The van der Waals surface area contributed by atoms with Crippen LogP contribution in [-0.2, 0) is 6.54 Å². The van der Waals surface area contributed by atoms with Gasteiger partial charge in [-0.25, -0.2) is 8.91 Å². The van der Waals surface area contributed by atoms with Crippen LogP contribution in [0.4, 0.5) is 4.39 Å². The summed E-state index contributed by atoms with van der Waals surface area (Å²) in [4.78, 5) is 25.2. The number of carbonyl (C=O) groups is 1. The van der Waals surface area contributed by atoms with Crippen molar-refractivity contribution in [2.45, 2.75) is 20.4 Å². The van der Waals surface area contributed by atoms with Crippen LogP contribution >= 0.6 is 0 Å². The highest BCUT2D eigenvalue weighted by Gasteiger charge is 2.12. The van der Waals surface area contributed by atoms with Gasteiger partial charge in [-0.1, -0.05) is 12.1 Å². The van der Waals surface area contributed by atoms with Gasteiger partial charge in [-0.05, 0) is 55.3 Å². The second-order valence-corrected chi connectivity index (χ2v) is 7.56. The van der Waals surface area contributed by atoms with Crippen LogP contribution < -0.4 is 15.6 Å². The monoisotopic (exact) mass is 434 g/mol. The Balaban J connectivity index is 1.48. The largest absolute Gasteiger partial charge is 0.494 e. The number of benzene rings is 2. The lowest BCUT2D eigenvalue weighted by molar-refractivity contribution is 0.0951. The molecule has 32 heavy (non-hydrogen) atoms. The Hall–Kier alpha value is -3.94. The number of ether oxygens (including phenoxy) is 1. The summed E-state index contributed by atoms with van der Waals surface area (Å²) in [6, 6.07) is 11.8. The number of nitrogens with zero attached hydrogens (tertiary/aromatic N) is 3. The smallest absolute Gasteiger partial charge is 0.276 e. The van der Waals surface area contributed by atoms with Gasteiger partial charge in [0.1, 0.15) is 5.52 Å². The summed E-state index contributed by atoms with van der Waals surface area (Å²) in [5, 5.41) is 7.22. The number of aromatic nitrogens is 3. The summed E-state index contributed by atoms with van der Waals surface area (Å²) >= 11 is 0. The number of amides is 1. The first kappa shape index (κ1) is 21.3. The van der Waals surface area contributed by atoms with Crippen LogP contribution in [0.3, 0.4) is 0 Å². The van der Waals surface area contributed by atoms with Crippen LogP contribution in [0.1, 0.15) is 21.5 Å². The third kappa shape index (κ3) is 4.12. The zero-order valence-electron chi connectivity index (χ0n) is 18.1. The Kier molecular flexibility index (Phi) is 5.77. The maximum absolute atomic E-state index is 13.8. The number of fused-ring (bicyclic) bond motifs is 1. The maximum Gasteiger partial charge on any atom is 0.276 e. The van der Waals surface area contributed by atoms with Crippen LogP contribution in [0.2, 0.25) is 0 Å². The third-order valence-electron chi connectivity index (χ3n) is 5.46. The highest BCUT2D eigenvalue weighted by atomic mass is 19.1. The van der Waals surface area contributed by atoms with Gasteiger partial charge in [0.25, 0.3) is 11.5 Å². The summed E-state index contributed by atoms with van der Waals surface area (Å²) in [6.07, 6.45) is 3.34. The normalized spacial score (nSPS) is 11.0. The molecule has 0 bridgehead atoms. The van der Waals surface area contributed by atoms with Crippen molar-refractivity contribution in [3.63, 3.8) is 0 Å². The van der Waals surface area contributed by atoms with Gasteiger partial charge in [0.05, 0.1) is 12.8 Å². The Bertz CT molecular complexity index is 1370. The molecule has 0 fully saturated rings. The molecular weight excluding hydrogens is 411 g/mol. The summed E-state index contributed by atoms with van der Waals surface area (Å²) in [7, 11) is 1.36. The fourth-order valence-electron chi connectivity index (χ4n) is 3.44. The summed E-state index contributed by atoms with van der Waals surface area (Å²) in [5.74, 6) is -0.966. The minimum Gasteiger partial charge on any atom is -0.494 e. The Morgan fingerprint density at radius 1 is 1.09 bits per heavy atom. The number of nitrogens with one attached hydrogen (secondary N) is 1. The van der Waals surface area contributed by atoms with Crippen molar-refractivity contribution >= 4 is 11.4 Å². The fourth-order valence-corrected chi connectivity index (χ4v) is 3.44. The van der Waals surface area contributed by atoms with Gasteiger partial charge >= 0.3 is 0 Å². The lowest BCUT2D eigenvalue weighted by atomic mass is 10.0. The molecule has 8 heteroatoms. The number of hydrogen-bond acceptors (Lipinski definition) is 4. The molecule has 0 radical (unpaired) electrons. The Morgan fingerprint density at radius 3 is 2.62 bits per heavy atom. The molecule has 0 unspecified atom stereocenters. The average molecular weight is 434 g/mol. The zero-order chi connectivity index (χ0) is 22.8. The first-order valence-corrected chi connectivity index (χ1v) is 10.2. The molecular formula is C24H23FN4O3. The Labute approximate surface area is 184 Å². The highest BCUT2D eigenvalue weighted by Crippen LogP contribution is 2.21. The van der Waals surface area contributed by atoms with Crippen LogP contribution in [0, 0.1) is 19.7 Å². The van der Waals surface area contributed by atoms with Crippen molar-refractivity contribution < 1.29 is 13.9 Å². The van der Waals surface area contributed by atoms with Crippen molar-refractivity contribution in [2.24, 2.45) is 0 Å². The van der Waals surface area contributed by atoms with Gasteiger partial charge in [-0.15, -0.1) is 0 Å². The molecule has 2 aromatic carbocycles. The molecule has 4 aromatic rings. The van der Waals surface area contributed by atoms with Crippen molar-refractivity contribution in [3.8, 4) is 17.0 Å². The molecule has 0 aliphatic rings. The van der Waals surface area contributed by atoms with E-state index >= 15 is 0 Å². The minimum atomic E-state index is -0.609. The molecule has 0 saturated heterocycles. The van der Waals surface area contributed by atoms with E-state index in [9.17, 15) is 14.0 Å². The fraction of sp³-hybridized carbons (Fsp3) is 0.208. The van der Waals surface area contributed by atoms with Crippen LogP contribution in [0.15, 0.2) is 59.7 Å². The molecule has 1 N–H and O–H groups in total. The molecule has 0 spiro atoms. The molecule has 1 amide bonds. The zero-order valence-corrected chi connectivity index (χ0v) is 18.1. The van der Waals surface area contributed by atoms with Gasteiger partial charge in [-0.2, -0.15) is 5.10 Å². The maximum atomic E-state index is 13.8. The van der Waals surface area contributed by atoms with E-state index in [2.05, 4.69) is 10.4 Å². The summed E-state index contributed by atoms with van der Waals surface area (Å²) in [6.45, 7) is 4.56. The van der Waals surface area contributed by atoms with E-state index in [1.54, 1.807) is 23.0 Å². The van der Waals surface area contributed by atoms with Gasteiger partial charge in [-0.3, -0.25) is 9.59 Å². The highest BCUT2D eigenvalue weighted by molar-refractivity contribution is 5.94. The first-order valence-electron chi connectivity index (χ1n) is 10.2. The molecule has 0 atom stereocenters. The molecule has 0 saturated carbocycles. The van der Waals surface area contributed by atoms with Crippen molar-refractivity contribution in [3.05, 3.63) is 87.7 Å². The van der Waals surface area contributed by atoms with Gasteiger partial charge in [0.15, 0.2) is 11.6 Å². The van der Waals surface area contributed by atoms with Crippen LogP contribution in [-0.4, -0.2) is 33.7 Å². The Morgan fingerprint density at radius 2 is 1.91 bits per heavy atom. The topological polar surface area (TPSA) is 77.6 Å². The van der Waals surface area contributed by atoms with E-state index in [4.69, 9.17) is 4.74 Å². The van der Waals surface area contributed by atoms with E-state index in [1.165, 1.54) is 29.4 Å². The molecule has 164 valence electrons. The predicted molar refractivity (Wildman–Crippen MR) is 120 cm³/mol. The predicted octanol–water partition coefficient (Wildman–Crippen LogP) is 3.36. The summed E-state index contributed by atoms with van der Waals surface area (Å²) < 4.78 is 21.7. The number of rotatable bonds is 6. The third-order valence-corrected chi connectivity index (χ3v) is 5.46. The molecule has 4 rings (SSSR count). The number of methoxy groups -OCH3 is 1. The van der Waals surface area contributed by atoms with Crippen molar-refractivity contribution in [2.75, 3.05) is 13.7 Å². The second-order valence-electron chi connectivity index (χ2n) is 7.56. The lowest BCUT2D eigenvalue weighted by Crippen LogP contribution is -2.31. The van der Waals surface area contributed by atoms with Gasteiger partial charge in [0.2, 0.25) is 0 Å². The van der Waals surface area contributed by atoms with Crippen LogP contribution in [0.5, 0.6) is 5.75 Å². The number of aryl methyl sites for hydroxylation is 2. The first-order chi connectivity index (χ1) is 15.4. The average Bonchev–Trinajstić information content (AvgIpc) is 3.22. The van der Waals surface area contributed by atoms with E-state index in [0.717, 1.165) is 22.9 Å². The number of halogens is 1. The molecule has 0 aliphatic heterocycles. The summed E-state index contributed by atoms with van der Waals surface area (Å²) in [5.41, 5.74) is 4.44. The van der Waals surface area contributed by atoms with Crippen molar-refractivity contribution in [1.29, 1.82) is 0 Å². The van der Waals surface area contributed by atoms with Crippen molar-refractivity contribution in [1.82, 2.24) is 19.5 Å².